The fraction of sp³-hybridized carbons (Fsp3) is 0.444. The van der Waals surface area contributed by atoms with Gasteiger partial charge in [0.05, 0.1) is 13.5 Å². The van der Waals surface area contributed by atoms with E-state index in [0.717, 1.165) is 11.1 Å². The minimum absolute atomic E-state index is 0.192. The van der Waals surface area contributed by atoms with Crippen LogP contribution in [0.2, 0.25) is 0 Å². The van der Waals surface area contributed by atoms with Crippen molar-refractivity contribution in [3.05, 3.63) is 35.4 Å². The van der Waals surface area contributed by atoms with Crippen molar-refractivity contribution >= 4 is 12.1 Å². The highest BCUT2D eigenvalue weighted by Crippen LogP contribution is 2.09. The van der Waals surface area contributed by atoms with Crippen LogP contribution in [0.15, 0.2) is 24.3 Å². The molecule has 124 valence electrons. The van der Waals surface area contributed by atoms with Crippen LogP contribution in [0.5, 0.6) is 0 Å². The maximum Gasteiger partial charge on any atom is 0.407 e. The molecule has 23 heavy (non-hydrogen) atoms. The molecule has 0 saturated heterocycles. The van der Waals surface area contributed by atoms with Gasteiger partial charge in [-0.1, -0.05) is 30.0 Å². The van der Waals surface area contributed by atoms with Crippen molar-refractivity contribution < 1.29 is 19.1 Å². The first-order chi connectivity index (χ1) is 10.8. The molecule has 0 aliphatic heterocycles. The van der Waals surface area contributed by atoms with Gasteiger partial charge >= 0.3 is 12.1 Å². The SMILES string of the molecule is COC(=O)Cc1ccccc1C#CCCNC(=O)OC(C)(C)C. The van der Waals surface area contributed by atoms with Crippen molar-refractivity contribution in [1.29, 1.82) is 0 Å². The third-order valence-corrected chi connectivity index (χ3v) is 2.72. The van der Waals surface area contributed by atoms with E-state index in [4.69, 9.17) is 4.74 Å². The molecule has 0 aliphatic carbocycles. The van der Waals surface area contributed by atoms with Crippen molar-refractivity contribution in [1.82, 2.24) is 5.32 Å². The number of hydrogen-bond donors (Lipinski definition) is 1. The predicted octanol–water partition coefficient (Wildman–Crippen LogP) is 2.67. The van der Waals surface area contributed by atoms with E-state index in [9.17, 15) is 9.59 Å². The second-order valence-corrected chi connectivity index (χ2v) is 5.89. The number of alkyl carbamates (subject to hydrolysis) is 1. The molecule has 1 rings (SSSR count). The first-order valence-corrected chi connectivity index (χ1v) is 7.42. The van der Waals surface area contributed by atoms with E-state index in [2.05, 4.69) is 21.9 Å². The molecule has 0 heterocycles. The number of hydrogen-bond acceptors (Lipinski definition) is 4. The van der Waals surface area contributed by atoms with Crippen LogP contribution in [0.1, 0.15) is 38.3 Å². The Balaban J connectivity index is 2.51. The van der Waals surface area contributed by atoms with Crippen molar-refractivity contribution in [2.45, 2.75) is 39.2 Å². The summed E-state index contributed by atoms with van der Waals surface area (Å²) in [6.45, 7) is 5.83. The average molecular weight is 317 g/mol. The molecule has 0 saturated carbocycles. The number of amides is 1. The second kappa shape index (κ2) is 8.84. The Bertz CT molecular complexity index is 605. The van der Waals surface area contributed by atoms with Crippen LogP contribution in [0.25, 0.3) is 0 Å². The fourth-order valence-corrected chi connectivity index (χ4v) is 1.72. The zero-order chi connectivity index (χ0) is 17.3. The molecule has 0 aliphatic rings. The molecule has 0 fully saturated rings. The van der Waals surface area contributed by atoms with Gasteiger partial charge in [0.1, 0.15) is 5.60 Å². The summed E-state index contributed by atoms with van der Waals surface area (Å²) in [6.07, 6.45) is 0.231. The highest BCUT2D eigenvalue weighted by molar-refractivity contribution is 5.73. The molecule has 0 spiro atoms. The zero-order valence-corrected chi connectivity index (χ0v) is 14.1. The van der Waals surface area contributed by atoms with E-state index in [0.29, 0.717) is 13.0 Å². The van der Waals surface area contributed by atoms with Gasteiger partial charge in [0.25, 0.3) is 0 Å². The lowest BCUT2D eigenvalue weighted by Crippen LogP contribution is -2.32. The molecule has 0 bridgehead atoms. The first-order valence-electron chi connectivity index (χ1n) is 7.42. The number of carbonyl (C=O) groups is 2. The van der Waals surface area contributed by atoms with Gasteiger partial charge in [-0.05, 0) is 32.4 Å². The number of esters is 1. The van der Waals surface area contributed by atoms with Crippen LogP contribution in [0.3, 0.4) is 0 Å². The molecule has 5 heteroatoms. The van der Waals surface area contributed by atoms with Crippen molar-refractivity contribution in [2.24, 2.45) is 0 Å². The Kier molecular flexibility index (Phi) is 7.14. The topological polar surface area (TPSA) is 64.6 Å². The van der Waals surface area contributed by atoms with E-state index in [1.807, 2.05) is 45.0 Å². The summed E-state index contributed by atoms with van der Waals surface area (Å²) in [7, 11) is 1.36. The summed E-state index contributed by atoms with van der Waals surface area (Å²) >= 11 is 0. The van der Waals surface area contributed by atoms with Gasteiger partial charge in [-0.25, -0.2) is 4.79 Å². The minimum Gasteiger partial charge on any atom is -0.469 e. The zero-order valence-electron chi connectivity index (χ0n) is 14.1. The monoisotopic (exact) mass is 317 g/mol. The number of ether oxygens (including phenoxy) is 2. The molecular formula is C18H23NO4. The summed E-state index contributed by atoms with van der Waals surface area (Å²) in [5.74, 6) is 5.69. The number of benzene rings is 1. The Morgan fingerprint density at radius 1 is 1.22 bits per heavy atom. The van der Waals surface area contributed by atoms with Gasteiger partial charge in [-0.2, -0.15) is 0 Å². The average Bonchev–Trinajstić information content (AvgIpc) is 2.46. The highest BCUT2D eigenvalue weighted by Gasteiger charge is 2.15. The van der Waals surface area contributed by atoms with Gasteiger partial charge in [0.2, 0.25) is 0 Å². The number of rotatable bonds is 4. The van der Waals surface area contributed by atoms with Crippen LogP contribution >= 0.6 is 0 Å². The normalized spacial score (nSPS) is 10.3. The number of methoxy groups -OCH3 is 1. The molecule has 1 aromatic carbocycles. The molecular weight excluding hydrogens is 294 g/mol. The van der Waals surface area contributed by atoms with Crippen molar-refractivity contribution in [3.63, 3.8) is 0 Å². The van der Waals surface area contributed by atoms with Crippen LogP contribution in [0, 0.1) is 11.8 Å². The maximum absolute atomic E-state index is 11.5. The van der Waals surface area contributed by atoms with Gasteiger partial charge < -0.3 is 14.8 Å². The quantitative estimate of drug-likeness (QED) is 0.527. The van der Waals surface area contributed by atoms with E-state index in [1.165, 1.54) is 7.11 Å². The molecule has 0 unspecified atom stereocenters. The fourth-order valence-electron chi connectivity index (χ4n) is 1.72. The van der Waals surface area contributed by atoms with E-state index < -0.39 is 11.7 Å². The van der Waals surface area contributed by atoms with Gasteiger partial charge in [0.15, 0.2) is 0 Å². The van der Waals surface area contributed by atoms with E-state index >= 15 is 0 Å². The Labute approximate surface area is 137 Å². The standard InChI is InChI=1S/C18H23NO4/c1-18(2,3)23-17(21)19-12-8-7-10-14-9-5-6-11-15(14)13-16(20)22-4/h5-6,9,11H,8,12-13H2,1-4H3,(H,19,21). The lowest BCUT2D eigenvalue weighted by molar-refractivity contribution is -0.139. The summed E-state index contributed by atoms with van der Waals surface area (Å²) in [5, 5.41) is 2.64. The van der Waals surface area contributed by atoms with Gasteiger partial charge in [-0.3, -0.25) is 4.79 Å². The molecule has 1 N–H and O–H groups in total. The van der Waals surface area contributed by atoms with Crippen LogP contribution in [0.4, 0.5) is 4.79 Å². The number of nitrogens with one attached hydrogen (secondary N) is 1. The predicted molar refractivity (Wildman–Crippen MR) is 87.9 cm³/mol. The molecule has 0 atom stereocenters. The largest absolute Gasteiger partial charge is 0.469 e. The van der Waals surface area contributed by atoms with E-state index in [1.54, 1.807) is 0 Å². The Hall–Kier alpha value is -2.48. The first kappa shape index (κ1) is 18.6. The second-order valence-electron chi connectivity index (χ2n) is 5.89. The summed E-state index contributed by atoms with van der Waals surface area (Å²) in [4.78, 5) is 22.8. The lowest BCUT2D eigenvalue weighted by Gasteiger charge is -2.19. The van der Waals surface area contributed by atoms with Crippen molar-refractivity contribution in [3.8, 4) is 11.8 Å². The van der Waals surface area contributed by atoms with E-state index in [-0.39, 0.29) is 12.4 Å². The minimum atomic E-state index is -0.511. The third-order valence-electron chi connectivity index (χ3n) is 2.72. The van der Waals surface area contributed by atoms with Gasteiger partial charge in [0, 0.05) is 18.5 Å². The van der Waals surface area contributed by atoms with Crippen LogP contribution in [-0.4, -0.2) is 31.3 Å². The smallest absolute Gasteiger partial charge is 0.407 e. The Morgan fingerprint density at radius 2 is 1.91 bits per heavy atom. The lowest BCUT2D eigenvalue weighted by atomic mass is 10.0. The molecule has 1 aromatic rings. The maximum atomic E-state index is 11.5. The highest BCUT2D eigenvalue weighted by atomic mass is 16.6. The van der Waals surface area contributed by atoms with Crippen molar-refractivity contribution in [2.75, 3.05) is 13.7 Å². The summed E-state index contributed by atoms with van der Waals surface area (Å²) < 4.78 is 9.80. The molecule has 0 aromatic heterocycles. The van der Waals surface area contributed by atoms with Gasteiger partial charge in [-0.15, -0.1) is 0 Å². The summed E-state index contributed by atoms with van der Waals surface area (Å²) in [5.41, 5.74) is 1.10. The summed E-state index contributed by atoms with van der Waals surface area (Å²) in [6, 6.07) is 7.42. The van der Waals surface area contributed by atoms with Crippen LogP contribution < -0.4 is 5.32 Å². The molecule has 1 amide bonds. The molecule has 5 nitrogen and oxygen atoms in total. The molecule has 0 radical (unpaired) electrons. The van der Waals surface area contributed by atoms with Crippen LogP contribution in [-0.2, 0) is 20.7 Å². The number of carbonyl (C=O) groups excluding carboxylic acids is 2. The third kappa shape index (κ3) is 7.91. The Morgan fingerprint density at radius 3 is 2.57 bits per heavy atom.